The normalized spacial score (nSPS) is 14.1. The fourth-order valence-electron chi connectivity index (χ4n) is 4.17. The molecule has 8 nitrogen and oxygen atoms in total. The molecule has 1 fully saturated rings. The maximum absolute atomic E-state index is 13.5. The van der Waals surface area contributed by atoms with Crippen LogP contribution < -0.4 is 4.90 Å². The standard InChI is InChI=1S/C25H23ClFN7O/c1-17-3-6-23(34-30-7-8-31-34)21(13-17)24(35)32-9-2-10-33(12-11-32)25-28-15-18(16-29-25)20-5-4-19(27)14-22(20)26/h3-8,13-16H,2,9-12H2,1H3. The Morgan fingerprint density at radius 2 is 1.74 bits per heavy atom. The Balaban J connectivity index is 1.31. The first-order chi connectivity index (χ1) is 17.0. The van der Waals surface area contributed by atoms with Gasteiger partial charge in [-0.25, -0.2) is 14.4 Å². The van der Waals surface area contributed by atoms with Crippen molar-refractivity contribution in [3.8, 4) is 16.8 Å². The molecule has 2 aromatic carbocycles. The van der Waals surface area contributed by atoms with Gasteiger partial charge in [0.2, 0.25) is 5.95 Å². The molecule has 0 spiro atoms. The lowest BCUT2D eigenvalue weighted by Gasteiger charge is -2.23. The Hall–Kier alpha value is -3.85. The summed E-state index contributed by atoms with van der Waals surface area (Å²) in [5.74, 6) is 0.141. The number of carbonyl (C=O) groups is 1. The van der Waals surface area contributed by atoms with Crippen molar-refractivity contribution in [2.24, 2.45) is 0 Å². The summed E-state index contributed by atoms with van der Waals surface area (Å²) in [6.45, 7) is 4.44. The van der Waals surface area contributed by atoms with Crippen LogP contribution in [-0.4, -0.2) is 61.9 Å². The molecule has 2 aromatic heterocycles. The molecule has 1 aliphatic rings. The number of benzene rings is 2. The predicted molar refractivity (Wildman–Crippen MR) is 131 cm³/mol. The highest BCUT2D eigenvalue weighted by atomic mass is 35.5. The van der Waals surface area contributed by atoms with Crippen LogP contribution >= 0.6 is 11.6 Å². The molecule has 1 saturated heterocycles. The van der Waals surface area contributed by atoms with Gasteiger partial charge in [-0.15, -0.1) is 0 Å². The van der Waals surface area contributed by atoms with Gasteiger partial charge in [-0.3, -0.25) is 4.79 Å². The summed E-state index contributed by atoms with van der Waals surface area (Å²) in [6, 6.07) is 9.94. The van der Waals surface area contributed by atoms with Crippen molar-refractivity contribution in [2.75, 3.05) is 31.1 Å². The van der Waals surface area contributed by atoms with Crippen LogP contribution in [0.3, 0.4) is 0 Å². The van der Waals surface area contributed by atoms with Crippen molar-refractivity contribution < 1.29 is 9.18 Å². The molecule has 0 radical (unpaired) electrons. The van der Waals surface area contributed by atoms with Crippen LogP contribution in [0.25, 0.3) is 16.8 Å². The molecule has 10 heteroatoms. The molecule has 1 aliphatic heterocycles. The SMILES string of the molecule is Cc1ccc(-n2nccn2)c(C(=O)N2CCCN(c3ncc(-c4ccc(F)cc4Cl)cn3)CC2)c1. The zero-order valence-corrected chi connectivity index (χ0v) is 19.9. The molecule has 0 aliphatic carbocycles. The number of hydrogen-bond acceptors (Lipinski definition) is 6. The van der Waals surface area contributed by atoms with Crippen molar-refractivity contribution >= 4 is 23.5 Å². The smallest absolute Gasteiger partial charge is 0.256 e. The highest BCUT2D eigenvalue weighted by molar-refractivity contribution is 6.33. The number of nitrogens with zero attached hydrogens (tertiary/aromatic N) is 7. The molecule has 0 unspecified atom stereocenters. The molecule has 0 atom stereocenters. The van der Waals surface area contributed by atoms with Gasteiger partial charge in [0.15, 0.2) is 0 Å². The Morgan fingerprint density at radius 1 is 0.971 bits per heavy atom. The fourth-order valence-corrected chi connectivity index (χ4v) is 4.45. The number of hydrogen-bond donors (Lipinski definition) is 0. The molecule has 0 bridgehead atoms. The van der Waals surface area contributed by atoms with Crippen LogP contribution in [0.5, 0.6) is 0 Å². The Labute approximate surface area is 207 Å². The molecule has 0 saturated carbocycles. The summed E-state index contributed by atoms with van der Waals surface area (Å²) in [5.41, 5.74) is 3.62. The zero-order chi connectivity index (χ0) is 24.4. The van der Waals surface area contributed by atoms with Crippen molar-refractivity contribution in [1.82, 2.24) is 29.9 Å². The second-order valence-corrected chi connectivity index (χ2v) is 8.78. The average Bonchev–Trinajstić information content (AvgIpc) is 3.28. The van der Waals surface area contributed by atoms with Gasteiger partial charge in [-0.2, -0.15) is 15.0 Å². The minimum absolute atomic E-state index is 0.0509. The molecule has 35 heavy (non-hydrogen) atoms. The van der Waals surface area contributed by atoms with E-state index in [1.165, 1.54) is 16.9 Å². The van der Waals surface area contributed by atoms with Gasteiger partial charge in [0.25, 0.3) is 5.91 Å². The van der Waals surface area contributed by atoms with Gasteiger partial charge < -0.3 is 9.80 Å². The van der Waals surface area contributed by atoms with Gasteiger partial charge in [0.05, 0.1) is 28.7 Å². The molecule has 0 N–H and O–H groups in total. The maximum atomic E-state index is 13.5. The van der Waals surface area contributed by atoms with Crippen LogP contribution in [0, 0.1) is 12.7 Å². The van der Waals surface area contributed by atoms with Gasteiger partial charge in [-0.1, -0.05) is 23.2 Å². The van der Waals surface area contributed by atoms with Crippen molar-refractivity contribution in [3.63, 3.8) is 0 Å². The quantitative estimate of drug-likeness (QED) is 0.426. The summed E-state index contributed by atoms with van der Waals surface area (Å²) in [7, 11) is 0. The number of carbonyl (C=O) groups excluding carboxylic acids is 1. The van der Waals surface area contributed by atoms with Gasteiger partial charge in [0.1, 0.15) is 5.82 Å². The maximum Gasteiger partial charge on any atom is 0.256 e. The van der Waals surface area contributed by atoms with E-state index in [2.05, 4.69) is 25.1 Å². The van der Waals surface area contributed by atoms with Crippen LogP contribution in [0.2, 0.25) is 5.02 Å². The third-order valence-electron chi connectivity index (χ3n) is 5.96. The molecule has 4 aromatic rings. The second-order valence-electron chi connectivity index (χ2n) is 8.37. The number of aromatic nitrogens is 5. The summed E-state index contributed by atoms with van der Waals surface area (Å²) >= 11 is 6.17. The van der Waals surface area contributed by atoms with Gasteiger partial charge >= 0.3 is 0 Å². The van der Waals surface area contributed by atoms with E-state index in [1.807, 2.05) is 30.0 Å². The second kappa shape index (κ2) is 9.79. The molecule has 3 heterocycles. The van der Waals surface area contributed by atoms with Crippen molar-refractivity contribution in [1.29, 1.82) is 0 Å². The summed E-state index contributed by atoms with van der Waals surface area (Å²) in [5, 5.41) is 8.70. The van der Waals surface area contributed by atoms with E-state index < -0.39 is 5.82 Å². The molecular formula is C25H23ClFN7O. The lowest BCUT2D eigenvalue weighted by Crippen LogP contribution is -2.36. The highest BCUT2D eigenvalue weighted by Gasteiger charge is 2.24. The minimum Gasteiger partial charge on any atom is -0.339 e. The van der Waals surface area contributed by atoms with Crippen LogP contribution in [-0.2, 0) is 0 Å². The third kappa shape index (κ3) is 4.85. The third-order valence-corrected chi connectivity index (χ3v) is 6.28. The van der Waals surface area contributed by atoms with Crippen LogP contribution in [0.15, 0.2) is 61.2 Å². The van der Waals surface area contributed by atoms with E-state index >= 15 is 0 Å². The summed E-state index contributed by atoms with van der Waals surface area (Å²) in [4.78, 5) is 27.9. The van der Waals surface area contributed by atoms with Gasteiger partial charge in [0, 0.05) is 49.7 Å². The van der Waals surface area contributed by atoms with E-state index in [0.29, 0.717) is 53.0 Å². The zero-order valence-electron chi connectivity index (χ0n) is 19.1. The number of amides is 1. The van der Waals surface area contributed by atoms with E-state index in [4.69, 9.17) is 11.6 Å². The van der Waals surface area contributed by atoms with E-state index in [1.54, 1.807) is 30.9 Å². The minimum atomic E-state index is -0.390. The summed E-state index contributed by atoms with van der Waals surface area (Å²) in [6.07, 6.45) is 7.33. The number of rotatable bonds is 4. The Morgan fingerprint density at radius 3 is 2.49 bits per heavy atom. The topological polar surface area (TPSA) is 80.0 Å². The van der Waals surface area contributed by atoms with Crippen LogP contribution in [0.1, 0.15) is 22.3 Å². The predicted octanol–water partition coefficient (Wildman–Crippen LogP) is 4.18. The van der Waals surface area contributed by atoms with E-state index in [9.17, 15) is 9.18 Å². The molecular weight excluding hydrogens is 469 g/mol. The number of halogens is 2. The molecule has 1 amide bonds. The lowest BCUT2D eigenvalue weighted by atomic mass is 10.1. The van der Waals surface area contributed by atoms with Crippen molar-refractivity contribution in [3.05, 3.63) is 83.2 Å². The lowest BCUT2D eigenvalue weighted by molar-refractivity contribution is 0.0766. The average molecular weight is 492 g/mol. The Bertz CT molecular complexity index is 1340. The summed E-state index contributed by atoms with van der Waals surface area (Å²) < 4.78 is 13.4. The first-order valence-electron chi connectivity index (χ1n) is 11.3. The van der Waals surface area contributed by atoms with E-state index in [0.717, 1.165) is 18.5 Å². The van der Waals surface area contributed by atoms with Gasteiger partial charge in [-0.05, 0) is 43.7 Å². The Kier molecular flexibility index (Phi) is 6.41. The first kappa shape index (κ1) is 22.9. The molecule has 178 valence electrons. The van der Waals surface area contributed by atoms with Crippen molar-refractivity contribution in [2.45, 2.75) is 13.3 Å². The van der Waals surface area contributed by atoms with Crippen LogP contribution in [0.4, 0.5) is 10.3 Å². The molecule has 5 rings (SSSR count). The first-order valence-corrected chi connectivity index (χ1v) is 11.7. The fraction of sp³-hybridized carbons (Fsp3) is 0.240. The highest BCUT2D eigenvalue weighted by Crippen LogP contribution is 2.28. The monoisotopic (exact) mass is 491 g/mol. The number of aryl methyl sites for hydroxylation is 1. The van der Waals surface area contributed by atoms with E-state index in [-0.39, 0.29) is 5.91 Å². The number of anilines is 1. The largest absolute Gasteiger partial charge is 0.339 e.